The topological polar surface area (TPSA) is 38.9 Å². The van der Waals surface area contributed by atoms with Crippen LogP contribution >= 0.6 is 22.9 Å². The Morgan fingerprint density at radius 3 is 2.38 bits per heavy atom. The first kappa shape index (κ1) is 14.3. The van der Waals surface area contributed by atoms with Gasteiger partial charge in [0.25, 0.3) is 0 Å². The first-order valence-corrected chi connectivity index (χ1v) is 7.93. The van der Waals surface area contributed by atoms with E-state index in [1.807, 2.05) is 29.6 Å². The standard InChI is InChI=1S/C17H15ClN2S/c1-11-2-4-13(5-3-11)16(19)17-20-15(10-21-17)12-6-8-14(18)9-7-12/h2-10,16H,19H2,1H3. The summed E-state index contributed by atoms with van der Waals surface area (Å²) in [4.78, 5) is 4.66. The van der Waals surface area contributed by atoms with E-state index < -0.39 is 0 Å². The van der Waals surface area contributed by atoms with Crippen molar-refractivity contribution in [1.82, 2.24) is 4.98 Å². The number of aromatic nitrogens is 1. The van der Waals surface area contributed by atoms with Gasteiger partial charge in [-0.25, -0.2) is 4.98 Å². The number of hydrogen-bond donors (Lipinski definition) is 1. The second-order valence-electron chi connectivity index (χ2n) is 4.97. The molecule has 0 saturated carbocycles. The van der Waals surface area contributed by atoms with Crippen LogP contribution in [0.2, 0.25) is 5.02 Å². The van der Waals surface area contributed by atoms with Gasteiger partial charge in [-0.3, -0.25) is 0 Å². The number of nitrogens with two attached hydrogens (primary N) is 1. The molecule has 0 amide bonds. The van der Waals surface area contributed by atoms with Crippen LogP contribution in [-0.2, 0) is 0 Å². The van der Waals surface area contributed by atoms with Crippen molar-refractivity contribution in [3.63, 3.8) is 0 Å². The minimum absolute atomic E-state index is 0.184. The summed E-state index contributed by atoms with van der Waals surface area (Å²) in [5, 5.41) is 3.68. The van der Waals surface area contributed by atoms with Crippen molar-refractivity contribution < 1.29 is 0 Å². The molecule has 1 aromatic heterocycles. The SMILES string of the molecule is Cc1ccc(C(N)c2nc(-c3ccc(Cl)cc3)cs2)cc1. The van der Waals surface area contributed by atoms with Crippen LogP contribution in [0, 0.1) is 6.92 Å². The number of benzene rings is 2. The third kappa shape index (κ3) is 3.16. The van der Waals surface area contributed by atoms with Gasteiger partial charge in [-0.15, -0.1) is 11.3 Å². The molecule has 0 aliphatic carbocycles. The van der Waals surface area contributed by atoms with E-state index in [1.165, 1.54) is 5.56 Å². The van der Waals surface area contributed by atoms with E-state index >= 15 is 0 Å². The summed E-state index contributed by atoms with van der Waals surface area (Å²) in [5.74, 6) is 0. The Kier molecular flexibility index (Phi) is 4.06. The lowest BCUT2D eigenvalue weighted by Gasteiger charge is -2.09. The Hall–Kier alpha value is -1.68. The first-order valence-electron chi connectivity index (χ1n) is 6.67. The Morgan fingerprint density at radius 2 is 1.71 bits per heavy atom. The molecule has 3 rings (SSSR count). The highest BCUT2D eigenvalue weighted by atomic mass is 35.5. The van der Waals surface area contributed by atoms with Crippen LogP contribution in [0.25, 0.3) is 11.3 Å². The Labute approximate surface area is 133 Å². The van der Waals surface area contributed by atoms with E-state index in [0.29, 0.717) is 0 Å². The van der Waals surface area contributed by atoms with Crippen molar-refractivity contribution in [3.05, 3.63) is 75.1 Å². The largest absolute Gasteiger partial charge is 0.318 e. The maximum atomic E-state index is 6.31. The molecular weight excluding hydrogens is 300 g/mol. The molecule has 3 aromatic rings. The number of nitrogens with zero attached hydrogens (tertiary/aromatic N) is 1. The highest BCUT2D eigenvalue weighted by Crippen LogP contribution is 2.28. The molecule has 1 unspecified atom stereocenters. The van der Waals surface area contributed by atoms with Crippen molar-refractivity contribution in [2.24, 2.45) is 5.73 Å². The van der Waals surface area contributed by atoms with Crippen molar-refractivity contribution >= 4 is 22.9 Å². The van der Waals surface area contributed by atoms with Crippen molar-refractivity contribution in [2.75, 3.05) is 0 Å². The minimum Gasteiger partial charge on any atom is -0.318 e. The van der Waals surface area contributed by atoms with Gasteiger partial charge in [-0.05, 0) is 24.6 Å². The highest BCUT2D eigenvalue weighted by molar-refractivity contribution is 7.10. The molecule has 0 saturated heterocycles. The molecule has 1 heterocycles. The molecule has 1 atom stereocenters. The Balaban J connectivity index is 1.87. The van der Waals surface area contributed by atoms with Crippen LogP contribution in [-0.4, -0.2) is 4.98 Å². The molecule has 0 aliphatic rings. The fourth-order valence-corrected chi connectivity index (χ4v) is 3.08. The summed E-state index contributed by atoms with van der Waals surface area (Å²) in [7, 11) is 0. The number of aryl methyl sites for hydroxylation is 1. The number of rotatable bonds is 3. The third-order valence-electron chi connectivity index (χ3n) is 3.36. The van der Waals surface area contributed by atoms with E-state index in [-0.39, 0.29) is 6.04 Å². The maximum absolute atomic E-state index is 6.31. The molecule has 2 aromatic carbocycles. The van der Waals surface area contributed by atoms with E-state index in [2.05, 4.69) is 36.2 Å². The molecule has 0 spiro atoms. The van der Waals surface area contributed by atoms with E-state index in [4.69, 9.17) is 17.3 Å². The van der Waals surface area contributed by atoms with Gasteiger partial charge in [0.05, 0.1) is 11.7 Å². The van der Waals surface area contributed by atoms with Gasteiger partial charge in [-0.1, -0.05) is 53.6 Å². The lowest BCUT2D eigenvalue weighted by molar-refractivity contribution is 0.858. The second kappa shape index (κ2) is 5.98. The van der Waals surface area contributed by atoms with Gasteiger partial charge in [0, 0.05) is 16.0 Å². The summed E-state index contributed by atoms with van der Waals surface area (Å²) in [6.07, 6.45) is 0. The van der Waals surface area contributed by atoms with Crippen LogP contribution in [0.15, 0.2) is 53.9 Å². The highest BCUT2D eigenvalue weighted by Gasteiger charge is 2.13. The molecule has 0 radical (unpaired) electrons. The van der Waals surface area contributed by atoms with Gasteiger partial charge >= 0.3 is 0 Å². The normalized spacial score (nSPS) is 12.3. The molecule has 2 nitrogen and oxygen atoms in total. The molecule has 0 bridgehead atoms. The molecular formula is C17H15ClN2S. The smallest absolute Gasteiger partial charge is 0.115 e. The number of halogens is 1. The van der Waals surface area contributed by atoms with Crippen LogP contribution in [0.1, 0.15) is 22.2 Å². The fourth-order valence-electron chi connectivity index (χ4n) is 2.10. The lowest BCUT2D eigenvalue weighted by Crippen LogP contribution is -2.11. The monoisotopic (exact) mass is 314 g/mol. The minimum atomic E-state index is -0.184. The average Bonchev–Trinajstić information content (AvgIpc) is 2.98. The second-order valence-corrected chi connectivity index (χ2v) is 6.29. The van der Waals surface area contributed by atoms with Crippen molar-refractivity contribution in [3.8, 4) is 11.3 Å². The van der Waals surface area contributed by atoms with Gasteiger partial charge in [-0.2, -0.15) is 0 Å². The Morgan fingerprint density at radius 1 is 1.05 bits per heavy atom. The van der Waals surface area contributed by atoms with Crippen LogP contribution < -0.4 is 5.73 Å². The summed E-state index contributed by atoms with van der Waals surface area (Å²) in [5.41, 5.74) is 10.6. The van der Waals surface area contributed by atoms with E-state index in [1.54, 1.807) is 11.3 Å². The predicted octanol–water partition coefficient (Wildman–Crippen LogP) is 4.82. The van der Waals surface area contributed by atoms with Gasteiger partial charge < -0.3 is 5.73 Å². The summed E-state index contributed by atoms with van der Waals surface area (Å²) in [6.45, 7) is 2.07. The fraction of sp³-hybridized carbons (Fsp3) is 0.118. The average molecular weight is 315 g/mol. The van der Waals surface area contributed by atoms with E-state index in [0.717, 1.165) is 26.9 Å². The molecule has 4 heteroatoms. The summed E-state index contributed by atoms with van der Waals surface area (Å²) in [6, 6.07) is 15.8. The molecule has 106 valence electrons. The number of thiazole rings is 1. The zero-order valence-electron chi connectivity index (χ0n) is 11.6. The molecule has 2 N–H and O–H groups in total. The zero-order chi connectivity index (χ0) is 14.8. The van der Waals surface area contributed by atoms with Crippen molar-refractivity contribution in [1.29, 1.82) is 0 Å². The first-order chi connectivity index (χ1) is 10.1. The predicted molar refractivity (Wildman–Crippen MR) is 89.8 cm³/mol. The van der Waals surface area contributed by atoms with Gasteiger partial charge in [0.1, 0.15) is 5.01 Å². The lowest BCUT2D eigenvalue weighted by atomic mass is 10.1. The van der Waals surface area contributed by atoms with Crippen LogP contribution in [0.5, 0.6) is 0 Å². The van der Waals surface area contributed by atoms with Crippen LogP contribution in [0.4, 0.5) is 0 Å². The van der Waals surface area contributed by atoms with Gasteiger partial charge in [0.2, 0.25) is 0 Å². The van der Waals surface area contributed by atoms with E-state index in [9.17, 15) is 0 Å². The quantitative estimate of drug-likeness (QED) is 0.752. The number of hydrogen-bond acceptors (Lipinski definition) is 3. The molecule has 0 fully saturated rings. The third-order valence-corrected chi connectivity index (χ3v) is 4.54. The van der Waals surface area contributed by atoms with Crippen molar-refractivity contribution in [2.45, 2.75) is 13.0 Å². The van der Waals surface area contributed by atoms with Crippen LogP contribution in [0.3, 0.4) is 0 Å². The molecule has 0 aliphatic heterocycles. The Bertz CT molecular complexity index is 732. The van der Waals surface area contributed by atoms with Gasteiger partial charge in [0.15, 0.2) is 0 Å². The summed E-state index contributed by atoms with van der Waals surface area (Å²) < 4.78 is 0. The summed E-state index contributed by atoms with van der Waals surface area (Å²) >= 11 is 7.50. The maximum Gasteiger partial charge on any atom is 0.115 e. The molecule has 21 heavy (non-hydrogen) atoms. The zero-order valence-corrected chi connectivity index (χ0v) is 13.2.